The van der Waals surface area contributed by atoms with Crippen LogP contribution in [-0.4, -0.2) is 107 Å². The number of benzene rings is 4. The zero-order valence-electron chi connectivity index (χ0n) is 40.5. The summed E-state index contributed by atoms with van der Waals surface area (Å²) in [5.74, 6) is 1.12. The normalized spacial score (nSPS) is 16.7. The summed E-state index contributed by atoms with van der Waals surface area (Å²) in [4.78, 5) is 47.7. The first-order valence-electron chi connectivity index (χ1n) is 22.8. The standard InChI is InChI=1S/C51H60N9O8P/c1-34(2)60(35(3)4)69(66-30-16-29-52)68-43-31-45(59-47-46(48(62)56-49(55-47)53-33-57(6)7)54-50(59)58(36(5)61)40-19-14-11-15-20-40)67-44(43)32-65-51(37-17-12-10-13-18-37,38-21-25-41(63-8)26-22-38)39-23-27-42(64-9)28-24-39/h10-15,17-28,33-35,43-45H,16,30-32H2,1-9H3,(H,55,56,62)/b53-33+/t43-,44+,45+,69?/m0/s1. The van der Waals surface area contributed by atoms with Crippen LogP contribution in [-0.2, 0) is 28.9 Å². The third-order valence-corrected chi connectivity index (χ3v) is 13.6. The number of H-pyrrole nitrogens is 1. The molecule has 1 amide bonds. The second-order valence-corrected chi connectivity index (χ2v) is 18.5. The van der Waals surface area contributed by atoms with E-state index in [0.717, 1.165) is 16.7 Å². The number of hydrogen-bond donors (Lipinski definition) is 1. The molecule has 0 radical (unpaired) electrons. The number of imidazole rings is 1. The number of nitrogens with zero attached hydrogens (tertiary/aromatic N) is 8. The number of anilines is 2. The number of amides is 1. The van der Waals surface area contributed by atoms with Gasteiger partial charge in [-0.15, -0.1) is 0 Å². The van der Waals surface area contributed by atoms with E-state index in [-0.39, 0.29) is 67.1 Å². The Morgan fingerprint density at radius 1 is 0.913 bits per heavy atom. The molecule has 362 valence electrons. The van der Waals surface area contributed by atoms with Crippen molar-refractivity contribution in [2.75, 3.05) is 46.4 Å². The fraction of sp³-hybridized carbons (Fsp3) is 0.373. The van der Waals surface area contributed by atoms with Gasteiger partial charge in [0.1, 0.15) is 29.4 Å². The van der Waals surface area contributed by atoms with Crippen LogP contribution in [0.3, 0.4) is 0 Å². The van der Waals surface area contributed by atoms with E-state index in [1.54, 1.807) is 49.9 Å². The average molecular weight is 958 g/mol. The molecule has 69 heavy (non-hydrogen) atoms. The van der Waals surface area contributed by atoms with Crippen LogP contribution in [0.5, 0.6) is 11.5 Å². The zero-order valence-corrected chi connectivity index (χ0v) is 41.4. The van der Waals surface area contributed by atoms with E-state index in [9.17, 15) is 14.9 Å². The van der Waals surface area contributed by atoms with Crippen molar-refractivity contribution in [2.45, 2.75) is 83.6 Å². The molecule has 0 bridgehead atoms. The topological polar surface area (TPSA) is 182 Å². The van der Waals surface area contributed by atoms with E-state index in [0.29, 0.717) is 17.2 Å². The van der Waals surface area contributed by atoms with Crippen LogP contribution in [0.1, 0.15) is 70.4 Å². The Morgan fingerprint density at radius 3 is 2.03 bits per heavy atom. The predicted octanol–water partition coefficient (Wildman–Crippen LogP) is 9.00. The zero-order chi connectivity index (χ0) is 49.2. The smallest absolute Gasteiger partial charge is 0.280 e. The Kier molecular flexibility index (Phi) is 16.6. The summed E-state index contributed by atoms with van der Waals surface area (Å²) in [6, 6.07) is 36.7. The maximum Gasteiger partial charge on any atom is 0.280 e. The van der Waals surface area contributed by atoms with E-state index < -0.39 is 38.1 Å². The molecule has 1 saturated heterocycles. The molecule has 18 heteroatoms. The van der Waals surface area contributed by atoms with Gasteiger partial charge in [-0.2, -0.15) is 10.2 Å². The molecule has 4 aromatic carbocycles. The molecule has 7 rings (SSSR count). The van der Waals surface area contributed by atoms with Gasteiger partial charge in [0.05, 0.1) is 58.1 Å². The van der Waals surface area contributed by atoms with Crippen molar-refractivity contribution < 1.29 is 32.8 Å². The molecule has 17 nitrogen and oxygen atoms in total. The summed E-state index contributed by atoms with van der Waals surface area (Å²) in [5.41, 5.74) is 1.33. The lowest BCUT2D eigenvalue weighted by Crippen LogP contribution is -2.39. The van der Waals surface area contributed by atoms with Crippen molar-refractivity contribution in [3.8, 4) is 17.6 Å². The molecular formula is C51H60N9O8P. The summed E-state index contributed by atoms with van der Waals surface area (Å²) in [6.45, 7) is 9.82. The quantitative estimate of drug-likeness (QED) is 0.0238. The predicted molar refractivity (Wildman–Crippen MR) is 266 cm³/mol. The molecule has 4 atom stereocenters. The molecule has 3 heterocycles. The maximum absolute atomic E-state index is 13.9. The minimum atomic E-state index is -1.80. The van der Waals surface area contributed by atoms with Crippen molar-refractivity contribution in [2.24, 2.45) is 4.99 Å². The van der Waals surface area contributed by atoms with Crippen LogP contribution in [0.15, 0.2) is 119 Å². The lowest BCUT2D eigenvalue weighted by atomic mass is 9.80. The van der Waals surface area contributed by atoms with Crippen LogP contribution in [0.2, 0.25) is 0 Å². The minimum absolute atomic E-state index is 0.00171. The lowest BCUT2D eigenvalue weighted by Gasteiger charge is -2.39. The van der Waals surface area contributed by atoms with Gasteiger partial charge >= 0.3 is 0 Å². The van der Waals surface area contributed by atoms with E-state index in [1.807, 2.05) is 97.1 Å². The Bertz CT molecular complexity index is 2710. The van der Waals surface area contributed by atoms with Gasteiger partial charge in [-0.05, 0) is 80.8 Å². The molecule has 0 aliphatic carbocycles. The summed E-state index contributed by atoms with van der Waals surface area (Å²) < 4.78 is 43.3. The third kappa shape index (κ3) is 11.2. The Balaban J connectivity index is 1.42. The van der Waals surface area contributed by atoms with Gasteiger partial charge in [0.2, 0.25) is 17.8 Å². The van der Waals surface area contributed by atoms with Gasteiger partial charge in [0, 0.05) is 39.5 Å². The highest BCUT2D eigenvalue weighted by Gasteiger charge is 2.46. The minimum Gasteiger partial charge on any atom is -0.497 e. The van der Waals surface area contributed by atoms with Gasteiger partial charge in [-0.1, -0.05) is 72.8 Å². The van der Waals surface area contributed by atoms with Crippen molar-refractivity contribution in [1.29, 1.82) is 5.26 Å². The number of para-hydroxylation sites is 1. The highest BCUT2D eigenvalue weighted by Crippen LogP contribution is 2.51. The molecule has 0 spiro atoms. The second kappa shape index (κ2) is 22.7. The molecule has 1 aliphatic heterocycles. The number of rotatable bonds is 21. The molecule has 1 N–H and O–H groups in total. The Morgan fingerprint density at radius 2 is 1.49 bits per heavy atom. The summed E-state index contributed by atoms with van der Waals surface area (Å²) in [7, 11) is 5.06. The summed E-state index contributed by atoms with van der Waals surface area (Å²) in [5, 5.41) is 9.56. The van der Waals surface area contributed by atoms with Crippen LogP contribution in [0.4, 0.5) is 17.6 Å². The van der Waals surface area contributed by atoms with Crippen LogP contribution in [0.25, 0.3) is 11.2 Å². The van der Waals surface area contributed by atoms with Gasteiger partial charge in [0.15, 0.2) is 11.2 Å². The number of carbonyl (C=O) groups is 1. The van der Waals surface area contributed by atoms with Crippen molar-refractivity contribution >= 4 is 49.5 Å². The first kappa shape index (κ1) is 50.4. The number of fused-ring (bicyclic) bond motifs is 1. The third-order valence-electron chi connectivity index (χ3n) is 11.5. The van der Waals surface area contributed by atoms with Gasteiger partial charge in [-0.3, -0.25) is 24.0 Å². The van der Waals surface area contributed by atoms with E-state index >= 15 is 0 Å². The van der Waals surface area contributed by atoms with Crippen molar-refractivity contribution in [3.05, 3.63) is 136 Å². The monoisotopic (exact) mass is 957 g/mol. The van der Waals surface area contributed by atoms with Crippen LogP contribution >= 0.6 is 8.53 Å². The molecule has 2 aromatic heterocycles. The number of methoxy groups -OCH3 is 2. The SMILES string of the molecule is COc1ccc(C(OC[C@H]2O[C@@H](n3c(N(C(C)=O)c4ccccc4)nc4c(=O)[nH]c(/N=C/N(C)C)nc43)C[C@@H]2OP(OCCC#N)N(C(C)C)C(C)C)(c2ccccc2)c2ccc(OC)cc2)cc1. The highest BCUT2D eigenvalue weighted by atomic mass is 31.2. The second-order valence-electron chi connectivity index (χ2n) is 17.1. The van der Waals surface area contributed by atoms with Crippen molar-refractivity contribution in [3.63, 3.8) is 0 Å². The number of ether oxygens (including phenoxy) is 4. The first-order valence-corrected chi connectivity index (χ1v) is 23.9. The largest absolute Gasteiger partial charge is 0.497 e. The summed E-state index contributed by atoms with van der Waals surface area (Å²) in [6.07, 6.45) is -0.633. The number of nitrogens with one attached hydrogen (secondary N) is 1. The lowest BCUT2D eigenvalue weighted by molar-refractivity contribution is -0.116. The molecule has 6 aromatic rings. The number of aromatic nitrogens is 4. The maximum atomic E-state index is 13.9. The number of nitriles is 1. The van der Waals surface area contributed by atoms with Gasteiger partial charge in [-0.25, -0.2) is 14.6 Å². The Labute approximate surface area is 404 Å². The van der Waals surface area contributed by atoms with Crippen molar-refractivity contribution in [1.82, 2.24) is 29.1 Å². The Hall–Kier alpha value is -6.51. The molecular weight excluding hydrogens is 898 g/mol. The summed E-state index contributed by atoms with van der Waals surface area (Å²) >= 11 is 0. The highest BCUT2D eigenvalue weighted by molar-refractivity contribution is 7.44. The molecule has 1 aliphatic rings. The number of aromatic amines is 1. The molecule has 0 saturated carbocycles. The number of aliphatic imine (C=N–C) groups is 1. The van der Waals surface area contributed by atoms with Gasteiger partial charge in [0.25, 0.3) is 14.1 Å². The average Bonchev–Trinajstić information content (AvgIpc) is 3.92. The van der Waals surface area contributed by atoms with E-state index in [2.05, 4.69) is 48.4 Å². The number of carbonyl (C=O) groups excluding carboxylic acids is 1. The fourth-order valence-electron chi connectivity index (χ4n) is 8.44. The fourth-order valence-corrected chi connectivity index (χ4v) is 10.2. The number of hydrogen-bond acceptors (Lipinski definition) is 13. The van der Waals surface area contributed by atoms with E-state index in [1.165, 1.54) is 18.2 Å². The van der Waals surface area contributed by atoms with Crippen LogP contribution in [0, 0.1) is 11.3 Å². The van der Waals surface area contributed by atoms with Gasteiger partial charge < -0.3 is 32.9 Å². The van der Waals surface area contributed by atoms with Crippen LogP contribution < -0.4 is 19.9 Å². The molecule has 1 unspecified atom stereocenters. The first-order chi connectivity index (χ1) is 33.3. The molecule has 1 fully saturated rings. The van der Waals surface area contributed by atoms with E-state index in [4.69, 9.17) is 38.0 Å².